The van der Waals surface area contributed by atoms with Gasteiger partial charge in [0.05, 0.1) is 4.92 Å². The highest BCUT2D eigenvalue weighted by Gasteiger charge is 2.17. The number of hydrogen-bond donors (Lipinski definition) is 0. The number of aryl methyl sites for hydroxylation is 1. The fourth-order valence-electron chi connectivity index (χ4n) is 3.15. The third-order valence-corrected chi connectivity index (χ3v) is 4.48. The average molecular weight is 367 g/mol. The maximum absolute atomic E-state index is 12.7. The quantitative estimate of drug-likeness (QED) is 0.361. The van der Waals surface area contributed by atoms with E-state index in [9.17, 15) is 14.9 Å². The Kier molecular flexibility index (Phi) is 5.16. The van der Waals surface area contributed by atoms with Crippen molar-refractivity contribution in [2.45, 2.75) is 40.3 Å². The van der Waals surface area contributed by atoms with Crippen molar-refractivity contribution in [3.63, 3.8) is 0 Å². The van der Waals surface area contributed by atoms with Gasteiger partial charge >= 0.3 is 0 Å². The maximum atomic E-state index is 12.7. The van der Waals surface area contributed by atoms with Crippen molar-refractivity contribution < 1.29 is 9.72 Å². The minimum Gasteiger partial charge on any atom is -0.348 e. The number of Topliss-reactive ketones (excluding diaryl/α,β-unsaturated/α-hetero) is 1. The van der Waals surface area contributed by atoms with Crippen LogP contribution in [0.1, 0.15) is 35.1 Å². The van der Waals surface area contributed by atoms with Gasteiger partial charge < -0.3 is 4.57 Å². The zero-order valence-electron chi connectivity index (χ0n) is 15.5. The summed E-state index contributed by atoms with van der Waals surface area (Å²) >= 11 is 0. The minimum absolute atomic E-state index is 0.0247. The van der Waals surface area contributed by atoms with Crippen LogP contribution in [0.5, 0.6) is 0 Å². The monoisotopic (exact) mass is 367 g/mol. The summed E-state index contributed by atoms with van der Waals surface area (Å²) in [7, 11) is 0. The molecule has 0 bridgehead atoms. The van der Waals surface area contributed by atoms with Gasteiger partial charge in [0.25, 0.3) is 5.69 Å². The first-order chi connectivity index (χ1) is 12.9. The summed E-state index contributed by atoms with van der Waals surface area (Å²) in [6.07, 6.45) is 2.47. The molecule has 0 unspecified atom stereocenters. The van der Waals surface area contributed by atoms with E-state index in [1.54, 1.807) is 12.1 Å². The normalized spacial score (nSPS) is 10.9. The van der Waals surface area contributed by atoms with E-state index in [1.807, 2.05) is 19.9 Å². The smallest absolute Gasteiger partial charge is 0.270 e. The number of aromatic nitrogens is 4. The van der Waals surface area contributed by atoms with Crippen molar-refractivity contribution in [3.05, 3.63) is 63.7 Å². The van der Waals surface area contributed by atoms with Gasteiger partial charge in [0, 0.05) is 41.2 Å². The molecule has 0 amide bonds. The summed E-state index contributed by atoms with van der Waals surface area (Å²) in [4.78, 5) is 27.3. The highest BCUT2D eigenvalue weighted by molar-refractivity contribution is 5.97. The summed E-state index contributed by atoms with van der Waals surface area (Å²) in [5.74, 6) is 0.309. The van der Waals surface area contributed by atoms with E-state index >= 15 is 0 Å². The summed E-state index contributed by atoms with van der Waals surface area (Å²) in [5.41, 5.74) is 3.22. The zero-order chi connectivity index (χ0) is 19.6. The fraction of sp³-hybridized carbons (Fsp3) is 0.316. The lowest BCUT2D eigenvalue weighted by Crippen LogP contribution is -2.12. The maximum Gasteiger partial charge on any atom is 0.270 e. The lowest BCUT2D eigenvalue weighted by atomic mass is 10.1. The largest absolute Gasteiger partial charge is 0.348 e. The Morgan fingerprint density at radius 2 is 2.04 bits per heavy atom. The Morgan fingerprint density at radius 1 is 1.26 bits per heavy atom. The number of non-ortho nitro benzene ring substituents is 1. The highest BCUT2D eigenvalue weighted by atomic mass is 16.6. The second kappa shape index (κ2) is 7.53. The van der Waals surface area contributed by atoms with Crippen LogP contribution >= 0.6 is 0 Å². The van der Waals surface area contributed by atoms with Crippen LogP contribution in [-0.4, -0.2) is 30.0 Å². The first kappa shape index (κ1) is 18.5. The number of nitrogens with zero attached hydrogens (tertiary/aromatic N) is 5. The molecule has 0 spiro atoms. The molecule has 8 nitrogen and oxygen atoms in total. The molecule has 140 valence electrons. The van der Waals surface area contributed by atoms with Gasteiger partial charge in [0.1, 0.15) is 12.9 Å². The first-order valence-corrected chi connectivity index (χ1v) is 8.75. The number of rotatable bonds is 7. The summed E-state index contributed by atoms with van der Waals surface area (Å²) in [5, 5.41) is 15.2. The Hall–Kier alpha value is -3.29. The van der Waals surface area contributed by atoms with Gasteiger partial charge in [-0.05, 0) is 26.3 Å². The molecule has 3 rings (SSSR count). The molecule has 0 radical (unpaired) electrons. The summed E-state index contributed by atoms with van der Waals surface area (Å²) in [6, 6.07) is 8.02. The Balaban J connectivity index is 1.80. The zero-order valence-corrected chi connectivity index (χ0v) is 15.5. The molecule has 1 aromatic carbocycles. The third-order valence-electron chi connectivity index (χ3n) is 4.48. The van der Waals surface area contributed by atoms with Crippen LogP contribution in [0, 0.1) is 24.0 Å². The van der Waals surface area contributed by atoms with Crippen LogP contribution < -0.4 is 0 Å². The molecule has 3 aromatic rings. The van der Waals surface area contributed by atoms with E-state index in [-0.39, 0.29) is 18.0 Å². The van der Waals surface area contributed by atoms with Crippen molar-refractivity contribution in [2.75, 3.05) is 0 Å². The van der Waals surface area contributed by atoms with Gasteiger partial charge in [-0.1, -0.05) is 19.1 Å². The number of carbonyl (C=O) groups is 1. The van der Waals surface area contributed by atoms with Gasteiger partial charge in [-0.15, -0.1) is 0 Å². The minimum atomic E-state index is -0.462. The predicted octanol–water partition coefficient (Wildman–Crippen LogP) is 3.56. The van der Waals surface area contributed by atoms with Crippen LogP contribution in [0.3, 0.4) is 0 Å². The van der Waals surface area contributed by atoms with Crippen LogP contribution in [0.4, 0.5) is 5.69 Å². The molecule has 0 N–H and O–H groups in total. The van der Waals surface area contributed by atoms with Crippen molar-refractivity contribution >= 4 is 11.5 Å². The third kappa shape index (κ3) is 3.79. The van der Waals surface area contributed by atoms with E-state index in [4.69, 9.17) is 0 Å². The standard InChI is InChI=1S/C19H21N5O3/c1-4-8-23-13(2)9-17(14(23)3)18(25)11-22-12-20-19(21-22)15-6-5-7-16(10-15)24(26)27/h5-7,9-10,12H,4,8,11H2,1-3H3. The highest BCUT2D eigenvalue weighted by Crippen LogP contribution is 2.21. The van der Waals surface area contributed by atoms with Gasteiger partial charge in [-0.25, -0.2) is 9.67 Å². The van der Waals surface area contributed by atoms with E-state index < -0.39 is 4.92 Å². The van der Waals surface area contributed by atoms with Gasteiger partial charge in [0.2, 0.25) is 0 Å². The molecule has 0 aliphatic rings. The van der Waals surface area contributed by atoms with E-state index in [0.717, 1.165) is 24.4 Å². The lowest BCUT2D eigenvalue weighted by molar-refractivity contribution is -0.384. The lowest BCUT2D eigenvalue weighted by Gasteiger charge is -2.07. The van der Waals surface area contributed by atoms with Gasteiger partial charge in [-0.2, -0.15) is 5.10 Å². The molecule has 0 aliphatic carbocycles. The van der Waals surface area contributed by atoms with Crippen molar-refractivity contribution in [2.24, 2.45) is 0 Å². The number of nitro benzene ring substituents is 1. The van der Waals surface area contributed by atoms with Crippen molar-refractivity contribution in [3.8, 4) is 11.4 Å². The van der Waals surface area contributed by atoms with E-state index in [1.165, 1.54) is 23.1 Å². The summed E-state index contributed by atoms with van der Waals surface area (Å²) in [6.45, 7) is 7.00. The van der Waals surface area contributed by atoms with Crippen molar-refractivity contribution in [1.29, 1.82) is 0 Å². The molecular weight excluding hydrogens is 346 g/mol. The fourth-order valence-corrected chi connectivity index (χ4v) is 3.15. The van der Waals surface area contributed by atoms with Gasteiger partial charge in [0.15, 0.2) is 11.6 Å². The van der Waals surface area contributed by atoms with Crippen LogP contribution in [0.25, 0.3) is 11.4 Å². The number of nitro groups is 1. The SMILES string of the molecule is CCCn1c(C)cc(C(=O)Cn2cnc(-c3cccc([N+](=O)[O-])c3)n2)c1C. The molecule has 27 heavy (non-hydrogen) atoms. The molecule has 0 saturated carbocycles. The topological polar surface area (TPSA) is 95.8 Å². The van der Waals surface area contributed by atoms with Crippen molar-refractivity contribution in [1.82, 2.24) is 19.3 Å². The molecule has 2 heterocycles. The van der Waals surface area contributed by atoms with E-state index in [2.05, 4.69) is 21.6 Å². The second-order valence-corrected chi connectivity index (χ2v) is 6.43. The molecule has 0 fully saturated rings. The first-order valence-electron chi connectivity index (χ1n) is 8.75. The number of ketones is 1. The number of hydrogen-bond acceptors (Lipinski definition) is 5. The number of carbonyl (C=O) groups excluding carboxylic acids is 1. The van der Waals surface area contributed by atoms with Crippen LogP contribution in [0.2, 0.25) is 0 Å². The molecule has 2 aromatic heterocycles. The number of benzene rings is 1. The average Bonchev–Trinajstić information content (AvgIpc) is 3.22. The molecule has 8 heteroatoms. The van der Waals surface area contributed by atoms with E-state index in [0.29, 0.717) is 17.0 Å². The second-order valence-electron chi connectivity index (χ2n) is 6.43. The Labute approximate surface area is 156 Å². The molecule has 0 atom stereocenters. The molecule has 0 aliphatic heterocycles. The van der Waals surface area contributed by atoms with Crippen LogP contribution in [-0.2, 0) is 13.1 Å². The Morgan fingerprint density at radius 3 is 2.74 bits per heavy atom. The molecule has 0 saturated heterocycles. The van der Waals surface area contributed by atoms with Crippen LogP contribution in [0.15, 0.2) is 36.7 Å². The molecular formula is C19H21N5O3. The van der Waals surface area contributed by atoms with Gasteiger partial charge in [-0.3, -0.25) is 14.9 Å². The summed E-state index contributed by atoms with van der Waals surface area (Å²) < 4.78 is 3.60. The Bertz CT molecular complexity index is 1000. The predicted molar refractivity (Wildman–Crippen MR) is 101 cm³/mol.